The molecule has 2 heterocycles. The lowest BCUT2D eigenvalue weighted by Gasteiger charge is -2.31. The van der Waals surface area contributed by atoms with Gasteiger partial charge >= 0.3 is 0 Å². The molecule has 7 heteroatoms. The fourth-order valence-electron chi connectivity index (χ4n) is 3.37. The van der Waals surface area contributed by atoms with Gasteiger partial charge in [-0.15, -0.1) is 12.4 Å². The number of carbonyl (C=O) groups excluding carboxylic acids is 1. The van der Waals surface area contributed by atoms with Crippen molar-refractivity contribution in [2.75, 3.05) is 19.7 Å². The molecule has 28 heavy (non-hydrogen) atoms. The van der Waals surface area contributed by atoms with Crippen LogP contribution in [0.25, 0.3) is 0 Å². The summed E-state index contributed by atoms with van der Waals surface area (Å²) in [5, 5.41) is 4.05. The third kappa shape index (κ3) is 6.09. The van der Waals surface area contributed by atoms with Crippen molar-refractivity contribution in [1.29, 1.82) is 0 Å². The van der Waals surface area contributed by atoms with Crippen molar-refractivity contribution in [3.63, 3.8) is 0 Å². The highest BCUT2D eigenvalue weighted by molar-refractivity contribution is 6.31. The van der Waals surface area contributed by atoms with Gasteiger partial charge in [-0.2, -0.15) is 0 Å². The Bertz CT molecular complexity index is 751. The average Bonchev–Trinajstić information content (AvgIpc) is 2.97. The van der Waals surface area contributed by atoms with Gasteiger partial charge in [0.25, 0.3) is 5.91 Å². The van der Waals surface area contributed by atoms with Crippen LogP contribution in [0.1, 0.15) is 30.5 Å². The number of nitrogens with one attached hydrogen (secondary N) is 1. The quantitative estimate of drug-likeness (QED) is 0.761. The zero-order chi connectivity index (χ0) is 19.1. The topological polar surface area (TPSA) is 54.5 Å². The Labute approximate surface area is 177 Å². The van der Waals surface area contributed by atoms with Crippen molar-refractivity contribution in [2.45, 2.75) is 38.8 Å². The number of carbonyl (C=O) groups is 1. The van der Waals surface area contributed by atoms with Crippen molar-refractivity contribution in [3.05, 3.63) is 58.9 Å². The highest BCUT2D eigenvalue weighted by Gasteiger charge is 2.25. The van der Waals surface area contributed by atoms with Gasteiger partial charge in [0, 0.05) is 22.8 Å². The summed E-state index contributed by atoms with van der Waals surface area (Å²) in [5.74, 6) is 0.628. The van der Waals surface area contributed by atoms with Crippen molar-refractivity contribution in [1.82, 2.24) is 15.2 Å². The largest absolute Gasteiger partial charge is 0.483 e. The molecule has 3 rings (SSSR count). The molecule has 0 saturated carbocycles. The van der Waals surface area contributed by atoms with Gasteiger partial charge < -0.3 is 15.0 Å². The fourth-order valence-corrected chi connectivity index (χ4v) is 3.53. The van der Waals surface area contributed by atoms with Gasteiger partial charge in [-0.05, 0) is 63.5 Å². The number of benzene rings is 1. The Morgan fingerprint density at radius 3 is 2.89 bits per heavy atom. The molecule has 1 fully saturated rings. The molecule has 1 saturated heterocycles. The fraction of sp³-hybridized carbons (Fsp3) is 0.429. The van der Waals surface area contributed by atoms with Crippen LogP contribution >= 0.6 is 24.0 Å². The van der Waals surface area contributed by atoms with Gasteiger partial charge in [0.2, 0.25) is 0 Å². The van der Waals surface area contributed by atoms with Crippen molar-refractivity contribution in [2.24, 2.45) is 0 Å². The molecule has 1 unspecified atom stereocenters. The lowest BCUT2D eigenvalue weighted by atomic mass is 10.1. The standard InChI is InChI=1S/C21H26ClN3O2.ClH/c1-16-19(22)8-4-9-20(16)27-15-21(26)25(14-17-6-2-3-12-24-17)18-7-5-11-23-13-10-18;/h2-4,6,8-9,12,18,23H,5,7,10-11,13-15H2,1H3;1H. The normalized spacial score (nSPS) is 16.6. The number of hydrogen-bond donors (Lipinski definition) is 1. The Hall–Kier alpha value is -1.82. The molecule has 152 valence electrons. The Kier molecular flexibility index (Phi) is 9.03. The maximum atomic E-state index is 13.0. The van der Waals surface area contributed by atoms with E-state index in [4.69, 9.17) is 16.3 Å². The number of pyridine rings is 1. The predicted molar refractivity (Wildman–Crippen MR) is 114 cm³/mol. The first-order valence-electron chi connectivity index (χ1n) is 9.43. The van der Waals surface area contributed by atoms with Crippen LogP contribution in [-0.2, 0) is 11.3 Å². The van der Waals surface area contributed by atoms with Gasteiger partial charge in [-0.25, -0.2) is 0 Å². The number of rotatable bonds is 6. The first kappa shape index (κ1) is 22.5. The summed E-state index contributed by atoms with van der Waals surface area (Å²) >= 11 is 6.15. The maximum Gasteiger partial charge on any atom is 0.261 e. The smallest absolute Gasteiger partial charge is 0.261 e. The van der Waals surface area contributed by atoms with E-state index in [-0.39, 0.29) is 31.0 Å². The van der Waals surface area contributed by atoms with E-state index in [2.05, 4.69) is 10.3 Å². The Morgan fingerprint density at radius 1 is 1.25 bits per heavy atom. The summed E-state index contributed by atoms with van der Waals surface area (Å²) in [6.07, 6.45) is 4.75. The predicted octanol–water partition coefficient (Wildman–Crippen LogP) is 4.01. The Balaban J connectivity index is 0.00000280. The van der Waals surface area contributed by atoms with Crippen LogP contribution in [0.15, 0.2) is 42.6 Å². The van der Waals surface area contributed by atoms with Crippen molar-refractivity contribution < 1.29 is 9.53 Å². The molecule has 5 nitrogen and oxygen atoms in total. The molecule has 1 aliphatic rings. The first-order chi connectivity index (χ1) is 13.1. The lowest BCUT2D eigenvalue weighted by Crippen LogP contribution is -2.43. The monoisotopic (exact) mass is 423 g/mol. The third-order valence-electron chi connectivity index (χ3n) is 4.93. The van der Waals surface area contributed by atoms with Crippen LogP contribution in [-0.4, -0.2) is 41.5 Å². The highest BCUT2D eigenvalue weighted by Crippen LogP contribution is 2.25. The molecular formula is C21H27Cl2N3O2. The molecule has 1 aromatic carbocycles. The summed E-state index contributed by atoms with van der Waals surface area (Å²) in [6.45, 7) is 4.32. The SMILES string of the molecule is Cc1c(Cl)cccc1OCC(=O)N(Cc1ccccn1)C1CCCNCC1.Cl. The van der Waals surface area contributed by atoms with E-state index in [1.165, 1.54) is 0 Å². The van der Waals surface area contributed by atoms with E-state index in [9.17, 15) is 4.79 Å². The van der Waals surface area contributed by atoms with Crippen LogP contribution in [0.4, 0.5) is 0 Å². The highest BCUT2D eigenvalue weighted by atomic mass is 35.5. The van der Waals surface area contributed by atoms with Crippen LogP contribution in [0.3, 0.4) is 0 Å². The summed E-state index contributed by atoms with van der Waals surface area (Å²) in [4.78, 5) is 19.4. The molecule has 1 amide bonds. The van der Waals surface area contributed by atoms with Crippen molar-refractivity contribution in [3.8, 4) is 5.75 Å². The lowest BCUT2D eigenvalue weighted by molar-refractivity contribution is -0.136. The summed E-state index contributed by atoms with van der Waals surface area (Å²) in [5.41, 5.74) is 1.74. The molecule has 0 bridgehead atoms. The number of halogens is 2. The molecule has 1 aromatic heterocycles. The second-order valence-corrected chi connectivity index (χ2v) is 7.24. The first-order valence-corrected chi connectivity index (χ1v) is 9.81. The molecular weight excluding hydrogens is 397 g/mol. The van der Waals surface area contributed by atoms with E-state index in [0.717, 1.165) is 43.6 Å². The van der Waals surface area contributed by atoms with Gasteiger partial charge in [0.05, 0.1) is 12.2 Å². The van der Waals surface area contributed by atoms with Gasteiger partial charge in [0.1, 0.15) is 5.75 Å². The summed E-state index contributed by atoms with van der Waals surface area (Å²) in [7, 11) is 0. The average molecular weight is 424 g/mol. The van der Waals surface area contributed by atoms with E-state index in [1.54, 1.807) is 6.20 Å². The maximum absolute atomic E-state index is 13.0. The number of amides is 1. The van der Waals surface area contributed by atoms with E-state index < -0.39 is 0 Å². The van der Waals surface area contributed by atoms with Gasteiger partial charge in [-0.3, -0.25) is 9.78 Å². The molecule has 1 aliphatic heterocycles. The van der Waals surface area contributed by atoms with E-state index in [1.807, 2.05) is 48.2 Å². The molecule has 0 radical (unpaired) electrons. The number of aromatic nitrogens is 1. The van der Waals surface area contributed by atoms with Gasteiger partial charge in [-0.1, -0.05) is 23.7 Å². The molecule has 0 spiro atoms. The van der Waals surface area contributed by atoms with Crippen LogP contribution in [0.5, 0.6) is 5.75 Å². The zero-order valence-corrected chi connectivity index (χ0v) is 17.6. The minimum absolute atomic E-state index is 0. The van der Waals surface area contributed by atoms with Crippen molar-refractivity contribution >= 4 is 29.9 Å². The van der Waals surface area contributed by atoms with Crippen LogP contribution in [0.2, 0.25) is 5.02 Å². The molecule has 1 atom stereocenters. The minimum atomic E-state index is -0.0214. The van der Waals surface area contributed by atoms with E-state index >= 15 is 0 Å². The summed E-state index contributed by atoms with van der Waals surface area (Å²) in [6, 6.07) is 11.5. The zero-order valence-electron chi connectivity index (χ0n) is 16.1. The second-order valence-electron chi connectivity index (χ2n) is 6.83. The van der Waals surface area contributed by atoms with Crippen LogP contribution < -0.4 is 10.1 Å². The second kappa shape index (κ2) is 11.2. The number of hydrogen-bond acceptors (Lipinski definition) is 4. The molecule has 0 aliphatic carbocycles. The minimum Gasteiger partial charge on any atom is -0.483 e. The van der Waals surface area contributed by atoms with Crippen LogP contribution in [0, 0.1) is 6.92 Å². The molecule has 2 aromatic rings. The third-order valence-corrected chi connectivity index (χ3v) is 5.34. The van der Waals surface area contributed by atoms with E-state index in [0.29, 0.717) is 17.3 Å². The summed E-state index contributed by atoms with van der Waals surface area (Å²) < 4.78 is 5.81. The number of nitrogens with zero attached hydrogens (tertiary/aromatic N) is 2. The number of ether oxygens (including phenoxy) is 1. The Morgan fingerprint density at radius 2 is 2.11 bits per heavy atom. The molecule has 1 N–H and O–H groups in total. The van der Waals surface area contributed by atoms with Gasteiger partial charge in [0.15, 0.2) is 6.61 Å².